The maximum atomic E-state index is 15.1. The van der Waals surface area contributed by atoms with Crippen LogP contribution in [0.3, 0.4) is 0 Å². The fourth-order valence-electron chi connectivity index (χ4n) is 9.64. The van der Waals surface area contributed by atoms with Gasteiger partial charge in [0.05, 0.1) is 33.5 Å². The summed E-state index contributed by atoms with van der Waals surface area (Å²) in [5.74, 6) is 2.38. The lowest BCUT2D eigenvalue weighted by molar-refractivity contribution is 0.0926. The number of carbonyl (C=O) groups excluding carboxylic acids is 2. The van der Waals surface area contributed by atoms with Crippen molar-refractivity contribution in [3.05, 3.63) is 242 Å². The van der Waals surface area contributed by atoms with E-state index >= 15 is 4.79 Å². The van der Waals surface area contributed by atoms with Crippen molar-refractivity contribution in [2.45, 2.75) is 0 Å². The van der Waals surface area contributed by atoms with Gasteiger partial charge in [-0.15, -0.1) is 0 Å². The zero-order valence-corrected chi connectivity index (χ0v) is 38.3. The quantitative estimate of drug-likeness (QED) is 0.131. The molecular weight excluding hydrogens is 889 g/mol. The van der Waals surface area contributed by atoms with Crippen LogP contribution in [0, 0.1) is 0 Å². The Hall–Kier alpha value is -10.1. The second-order valence-electron chi connectivity index (χ2n) is 17.4. The van der Waals surface area contributed by atoms with Crippen molar-refractivity contribution in [1.29, 1.82) is 0 Å². The first kappa shape index (κ1) is 42.1. The summed E-state index contributed by atoms with van der Waals surface area (Å²) in [6.45, 7) is 0. The van der Waals surface area contributed by atoms with Crippen molar-refractivity contribution in [3.8, 4) is 85.1 Å². The first-order valence-corrected chi connectivity index (χ1v) is 23.5. The average molecular weight is 927 g/mol. The van der Waals surface area contributed by atoms with Crippen LogP contribution in [0.15, 0.2) is 231 Å². The maximum Gasteiger partial charge on any atom is 0.268 e. The highest BCUT2D eigenvalue weighted by Crippen LogP contribution is 2.42. The van der Waals surface area contributed by atoms with Gasteiger partial charge in [-0.2, -0.15) is 0 Å². The van der Waals surface area contributed by atoms with Crippen LogP contribution in [0.5, 0.6) is 0 Å². The second-order valence-corrected chi connectivity index (χ2v) is 17.4. The monoisotopic (exact) mass is 926 g/mol. The van der Waals surface area contributed by atoms with Crippen molar-refractivity contribution < 1.29 is 9.59 Å². The fourth-order valence-corrected chi connectivity index (χ4v) is 9.64. The maximum absolute atomic E-state index is 15.1. The minimum absolute atomic E-state index is 0.312. The molecule has 1 aliphatic heterocycles. The molecule has 2 amide bonds. The minimum atomic E-state index is -0.406. The standard InChI is InChI=1S/C62H38N8O2/c71-61-47-30-18-32-53(54(47)62(72)70(61)50-31-17-16-29-46(50)39-19-6-1-7-20-39)69-51-35-33-44(59-65-55(40-21-8-2-9-22-40)63-56(66-59)41-23-10-3-11-24-41)37-48(51)49-38-45(34-36-52(49)69)60-67-57(42-25-12-4-13-26-42)64-58(68-60)43-27-14-5-15-28-43/h1-38H. The highest BCUT2D eigenvalue weighted by Gasteiger charge is 2.40. The zero-order chi connectivity index (χ0) is 48.1. The third-order valence-corrected chi connectivity index (χ3v) is 13.0. The third-order valence-electron chi connectivity index (χ3n) is 13.0. The molecule has 0 fully saturated rings. The van der Waals surface area contributed by atoms with Crippen molar-refractivity contribution in [3.63, 3.8) is 0 Å². The number of para-hydroxylation sites is 1. The summed E-state index contributed by atoms with van der Waals surface area (Å²) in [5.41, 5.74) is 9.96. The molecule has 4 heterocycles. The van der Waals surface area contributed by atoms with Gasteiger partial charge in [0.25, 0.3) is 11.8 Å². The summed E-state index contributed by atoms with van der Waals surface area (Å²) in [5, 5.41) is 1.71. The topological polar surface area (TPSA) is 120 Å². The molecule has 0 atom stereocenters. The summed E-state index contributed by atoms with van der Waals surface area (Å²) >= 11 is 0. The van der Waals surface area contributed by atoms with Crippen LogP contribution in [0.2, 0.25) is 0 Å². The SMILES string of the molecule is O=C1c2cccc(-n3c4ccc(-c5nc(-c6ccccc6)nc(-c6ccccc6)n5)cc4c4cc(-c5nc(-c6ccccc6)nc(-c6ccccc6)n5)ccc43)c2C(=O)N1c1ccccc1-c1ccccc1. The van der Waals surface area contributed by atoms with Crippen LogP contribution in [0.25, 0.3) is 107 Å². The second kappa shape index (κ2) is 17.5. The van der Waals surface area contributed by atoms with E-state index in [1.165, 1.54) is 4.90 Å². The number of carbonyl (C=O) groups is 2. The summed E-state index contributed by atoms with van der Waals surface area (Å²) in [7, 11) is 0. The van der Waals surface area contributed by atoms with Gasteiger partial charge >= 0.3 is 0 Å². The van der Waals surface area contributed by atoms with E-state index in [9.17, 15) is 4.79 Å². The number of nitrogens with zero attached hydrogens (tertiary/aromatic N) is 8. The van der Waals surface area contributed by atoms with Gasteiger partial charge in [-0.25, -0.2) is 34.8 Å². The largest absolute Gasteiger partial charge is 0.308 e. The molecule has 0 aliphatic carbocycles. The van der Waals surface area contributed by atoms with Crippen LogP contribution in [-0.2, 0) is 0 Å². The molecule has 1 aliphatic rings. The molecule has 0 bridgehead atoms. The number of rotatable bonds is 9. The summed E-state index contributed by atoms with van der Waals surface area (Å²) < 4.78 is 2.07. The Kier molecular flexibility index (Phi) is 10.2. The van der Waals surface area contributed by atoms with Gasteiger partial charge in [0.15, 0.2) is 34.9 Å². The molecule has 12 aromatic rings. The van der Waals surface area contributed by atoms with Crippen molar-refractivity contribution >= 4 is 39.3 Å². The van der Waals surface area contributed by atoms with Crippen molar-refractivity contribution in [1.82, 2.24) is 34.5 Å². The normalized spacial score (nSPS) is 12.2. The highest BCUT2D eigenvalue weighted by molar-refractivity contribution is 6.36. The van der Waals surface area contributed by atoms with Gasteiger partial charge < -0.3 is 4.57 Å². The number of benzene rings is 9. The first-order valence-electron chi connectivity index (χ1n) is 23.5. The number of fused-ring (bicyclic) bond motifs is 4. The van der Waals surface area contributed by atoms with Gasteiger partial charge in [-0.3, -0.25) is 9.59 Å². The van der Waals surface area contributed by atoms with E-state index in [1.54, 1.807) is 6.07 Å². The van der Waals surface area contributed by atoms with E-state index in [0.717, 1.165) is 66.3 Å². The summed E-state index contributed by atoms with van der Waals surface area (Å²) in [4.78, 5) is 61.3. The number of anilines is 1. The van der Waals surface area contributed by atoms with Crippen LogP contribution < -0.4 is 4.90 Å². The molecular formula is C62H38N8O2. The number of hydrogen-bond donors (Lipinski definition) is 0. The van der Waals surface area contributed by atoms with E-state index in [4.69, 9.17) is 29.9 Å². The molecule has 3 aromatic heterocycles. The predicted octanol–water partition coefficient (Wildman–Crippen LogP) is 13.6. The van der Waals surface area contributed by atoms with E-state index in [0.29, 0.717) is 57.4 Å². The Morgan fingerprint density at radius 1 is 0.278 bits per heavy atom. The number of aromatic nitrogens is 7. The number of hydrogen-bond acceptors (Lipinski definition) is 8. The Morgan fingerprint density at radius 3 is 1.06 bits per heavy atom. The van der Waals surface area contributed by atoms with E-state index in [-0.39, 0.29) is 5.91 Å². The molecule has 0 saturated heterocycles. The van der Waals surface area contributed by atoms with Crippen molar-refractivity contribution in [2.75, 3.05) is 4.90 Å². The average Bonchev–Trinajstić information content (AvgIpc) is 3.92. The molecule has 9 aromatic carbocycles. The highest BCUT2D eigenvalue weighted by atomic mass is 16.2. The Bertz CT molecular complexity index is 3770. The Balaban J connectivity index is 1.03. The molecule has 13 rings (SSSR count). The zero-order valence-electron chi connectivity index (χ0n) is 38.3. The van der Waals surface area contributed by atoms with Crippen molar-refractivity contribution in [2.24, 2.45) is 0 Å². The van der Waals surface area contributed by atoms with Gasteiger partial charge in [0.2, 0.25) is 0 Å². The smallest absolute Gasteiger partial charge is 0.268 e. The number of imide groups is 1. The molecule has 0 unspecified atom stereocenters. The summed E-state index contributed by atoms with van der Waals surface area (Å²) in [6.07, 6.45) is 0. The fraction of sp³-hybridized carbons (Fsp3) is 0. The minimum Gasteiger partial charge on any atom is -0.308 e. The van der Waals surface area contributed by atoms with Crippen LogP contribution in [-0.4, -0.2) is 46.3 Å². The van der Waals surface area contributed by atoms with E-state index in [2.05, 4.69) is 16.7 Å². The van der Waals surface area contributed by atoms with Crippen LogP contribution >= 0.6 is 0 Å². The lowest BCUT2D eigenvalue weighted by Gasteiger charge is -2.18. The van der Waals surface area contributed by atoms with Gasteiger partial charge in [-0.05, 0) is 60.2 Å². The molecule has 0 saturated carbocycles. The van der Waals surface area contributed by atoms with Crippen LogP contribution in [0.4, 0.5) is 5.69 Å². The lowest BCUT2D eigenvalue weighted by atomic mass is 10.0. The van der Waals surface area contributed by atoms with Gasteiger partial charge in [-0.1, -0.05) is 176 Å². The first-order chi connectivity index (χ1) is 35.5. The van der Waals surface area contributed by atoms with Crippen LogP contribution in [0.1, 0.15) is 20.7 Å². The molecule has 72 heavy (non-hydrogen) atoms. The predicted molar refractivity (Wildman–Crippen MR) is 283 cm³/mol. The lowest BCUT2D eigenvalue weighted by Crippen LogP contribution is -2.30. The molecule has 0 N–H and O–H groups in total. The van der Waals surface area contributed by atoms with Gasteiger partial charge in [0, 0.05) is 49.7 Å². The molecule has 10 nitrogen and oxygen atoms in total. The Labute approximate surface area is 413 Å². The third kappa shape index (κ3) is 7.30. The molecule has 338 valence electrons. The molecule has 10 heteroatoms. The Morgan fingerprint density at radius 2 is 0.625 bits per heavy atom. The van der Waals surface area contributed by atoms with Gasteiger partial charge in [0.1, 0.15) is 0 Å². The number of amides is 2. The molecule has 0 radical (unpaired) electrons. The summed E-state index contributed by atoms with van der Waals surface area (Å²) in [6, 6.07) is 74.6. The van der Waals surface area contributed by atoms with E-state index < -0.39 is 5.91 Å². The molecule has 0 spiro atoms. The van der Waals surface area contributed by atoms with E-state index in [1.807, 2.05) is 212 Å².